The maximum Gasteiger partial charge on any atom is 0.411 e. The first-order valence-electron chi connectivity index (χ1n) is 11.4. The third-order valence-corrected chi connectivity index (χ3v) is 6.73. The van der Waals surface area contributed by atoms with Gasteiger partial charge in [-0.2, -0.15) is 13.2 Å². The summed E-state index contributed by atoms with van der Waals surface area (Å²) in [6.07, 6.45) is 1.13. The Morgan fingerprint density at radius 1 is 1.03 bits per heavy atom. The number of fused-ring (bicyclic) bond motifs is 1. The van der Waals surface area contributed by atoms with Gasteiger partial charge in [-0.3, -0.25) is 9.69 Å². The van der Waals surface area contributed by atoms with Crippen LogP contribution >= 0.6 is 0 Å². The lowest BCUT2D eigenvalue weighted by molar-refractivity contribution is -0.174. The van der Waals surface area contributed by atoms with Gasteiger partial charge in [-0.1, -0.05) is 25.3 Å². The molecule has 0 aromatic heterocycles. The number of piperazine rings is 1. The zero-order chi connectivity index (χ0) is 22.6. The lowest BCUT2D eigenvalue weighted by atomic mass is 9.68. The fourth-order valence-corrected chi connectivity index (χ4v) is 5.03. The van der Waals surface area contributed by atoms with E-state index in [2.05, 4.69) is 9.64 Å². The van der Waals surface area contributed by atoms with Crippen LogP contribution in [0.5, 0.6) is 11.5 Å². The van der Waals surface area contributed by atoms with E-state index in [0.717, 1.165) is 56.5 Å². The molecular formula is C23H31F3N2O4. The monoisotopic (exact) mass is 456 g/mol. The Balaban J connectivity index is 1.33. The van der Waals surface area contributed by atoms with E-state index in [-0.39, 0.29) is 19.3 Å². The number of carbonyl (C=O) groups is 1. The third-order valence-electron chi connectivity index (χ3n) is 6.73. The van der Waals surface area contributed by atoms with E-state index in [0.29, 0.717) is 31.8 Å². The van der Waals surface area contributed by atoms with Crippen LogP contribution < -0.4 is 9.47 Å². The molecule has 3 aliphatic rings. The van der Waals surface area contributed by atoms with Crippen molar-refractivity contribution in [1.82, 2.24) is 9.80 Å². The molecule has 1 aromatic rings. The molecule has 1 saturated carbocycles. The van der Waals surface area contributed by atoms with E-state index < -0.39 is 18.2 Å². The summed E-state index contributed by atoms with van der Waals surface area (Å²) in [5, 5.41) is 0. The van der Waals surface area contributed by atoms with Gasteiger partial charge < -0.3 is 19.1 Å². The topological polar surface area (TPSA) is 51.2 Å². The Labute approximate surface area is 186 Å². The fourth-order valence-electron chi connectivity index (χ4n) is 5.03. The van der Waals surface area contributed by atoms with Crippen LogP contribution in [0.1, 0.15) is 44.1 Å². The van der Waals surface area contributed by atoms with Gasteiger partial charge >= 0.3 is 6.18 Å². The molecule has 32 heavy (non-hydrogen) atoms. The third kappa shape index (κ3) is 5.31. The van der Waals surface area contributed by atoms with Crippen LogP contribution in [-0.2, 0) is 14.9 Å². The van der Waals surface area contributed by atoms with Crippen LogP contribution in [0.3, 0.4) is 0 Å². The van der Waals surface area contributed by atoms with Gasteiger partial charge in [-0.15, -0.1) is 0 Å². The Bertz CT molecular complexity index is 788. The first-order chi connectivity index (χ1) is 15.4. The van der Waals surface area contributed by atoms with Crippen molar-refractivity contribution in [3.63, 3.8) is 0 Å². The van der Waals surface area contributed by atoms with Crippen LogP contribution in [0, 0.1) is 0 Å². The highest BCUT2D eigenvalue weighted by Gasteiger charge is 2.44. The Morgan fingerprint density at radius 3 is 2.47 bits per heavy atom. The predicted molar refractivity (Wildman–Crippen MR) is 112 cm³/mol. The average molecular weight is 457 g/mol. The lowest BCUT2D eigenvalue weighted by Crippen LogP contribution is -2.55. The van der Waals surface area contributed by atoms with E-state index in [1.165, 1.54) is 0 Å². The van der Waals surface area contributed by atoms with Crippen molar-refractivity contribution in [2.75, 3.05) is 52.7 Å². The molecule has 1 amide bonds. The molecule has 1 saturated heterocycles. The molecule has 2 fully saturated rings. The lowest BCUT2D eigenvalue weighted by Gasteiger charge is -2.43. The van der Waals surface area contributed by atoms with Gasteiger partial charge in [0, 0.05) is 39.3 Å². The molecular weight excluding hydrogens is 425 g/mol. The SMILES string of the molecule is O=C(N1CCN(CCCOCC(F)(F)F)CC1)C1(c2ccc3c(c2)OCO3)CCCCC1. The minimum atomic E-state index is -4.28. The molecule has 9 heteroatoms. The minimum Gasteiger partial charge on any atom is -0.454 e. The molecule has 2 aliphatic heterocycles. The molecule has 0 unspecified atom stereocenters. The number of alkyl halides is 3. The van der Waals surface area contributed by atoms with Gasteiger partial charge in [0.2, 0.25) is 12.7 Å². The molecule has 1 aromatic carbocycles. The van der Waals surface area contributed by atoms with E-state index in [1.54, 1.807) is 0 Å². The summed E-state index contributed by atoms with van der Waals surface area (Å²) >= 11 is 0. The zero-order valence-corrected chi connectivity index (χ0v) is 18.3. The highest BCUT2D eigenvalue weighted by molar-refractivity contribution is 5.89. The van der Waals surface area contributed by atoms with Crippen molar-refractivity contribution in [3.8, 4) is 11.5 Å². The van der Waals surface area contributed by atoms with Crippen molar-refractivity contribution in [1.29, 1.82) is 0 Å². The van der Waals surface area contributed by atoms with Crippen molar-refractivity contribution >= 4 is 5.91 Å². The molecule has 0 radical (unpaired) electrons. The molecule has 0 spiro atoms. The second kappa shape index (κ2) is 9.87. The number of benzene rings is 1. The maximum atomic E-state index is 13.8. The number of carbonyl (C=O) groups excluding carboxylic acids is 1. The summed E-state index contributed by atoms with van der Waals surface area (Å²) in [6.45, 7) is 2.49. The van der Waals surface area contributed by atoms with Crippen molar-refractivity contribution < 1.29 is 32.2 Å². The largest absolute Gasteiger partial charge is 0.454 e. The number of hydrogen-bond acceptors (Lipinski definition) is 5. The van der Waals surface area contributed by atoms with Crippen LogP contribution in [0.25, 0.3) is 0 Å². The highest BCUT2D eigenvalue weighted by Crippen LogP contribution is 2.44. The zero-order valence-electron chi connectivity index (χ0n) is 18.3. The van der Waals surface area contributed by atoms with E-state index >= 15 is 0 Å². The van der Waals surface area contributed by atoms with Gasteiger partial charge in [-0.05, 0) is 37.0 Å². The fraction of sp³-hybridized carbons (Fsp3) is 0.696. The summed E-state index contributed by atoms with van der Waals surface area (Å²) in [5.41, 5.74) is 0.489. The van der Waals surface area contributed by atoms with Crippen LogP contribution in [0.4, 0.5) is 13.2 Å². The Kier molecular flexibility index (Phi) is 7.14. The summed E-state index contributed by atoms with van der Waals surface area (Å²) in [5.74, 6) is 1.61. The van der Waals surface area contributed by atoms with Crippen molar-refractivity contribution in [3.05, 3.63) is 23.8 Å². The van der Waals surface area contributed by atoms with Gasteiger partial charge in [0.05, 0.1) is 5.41 Å². The van der Waals surface area contributed by atoms with Crippen LogP contribution in [0.2, 0.25) is 0 Å². The second-order valence-corrected chi connectivity index (χ2v) is 8.87. The van der Waals surface area contributed by atoms with E-state index in [4.69, 9.17) is 9.47 Å². The Hall–Kier alpha value is -2.00. The first kappa shape index (κ1) is 23.2. The summed E-state index contributed by atoms with van der Waals surface area (Å²) in [6, 6.07) is 5.89. The smallest absolute Gasteiger partial charge is 0.411 e. The highest BCUT2D eigenvalue weighted by atomic mass is 19.4. The van der Waals surface area contributed by atoms with Gasteiger partial charge in [0.1, 0.15) is 6.61 Å². The normalized spacial score (nSPS) is 21.0. The summed E-state index contributed by atoms with van der Waals surface area (Å²) in [7, 11) is 0. The molecule has 0 atom stereocenters. The molecule has 0 N–H and O–H groups in total. The molecule has 6 nitrogen and oxygen atoms in total. The average Bonchev–Trinajstić information content (AvgIpc) is 3.26. The number of ether oxygens (including phenoxy) is 3. The summed E-state index contributed by atoms with van der Waals surface area (Å²) < 4.78 is 52.1. The standard InChI is InChI=1S/C23H31F3N2O4/c24-23(25,26)16-30-14-4-9-27-10-12-28(13-11-27)21(29)22(7-2-1-3-8-22)18-5-6-19-20(15-18)32-17-31-19/h5-6,15H,1-4,7-14,16-17H2. The number of nitrogens with zero attached hydrogens (tertiary/aromatic N) is 2. The number of amides is 1. The van der Waals surface area contributed by atoms with Crippen molar-refractivity contribution in [2.24, 2.45) is 0 Å². The number of rotatable bonds is 7. The van der Waals surface area contributed by atoms with Crippen molar-refractivity contribution in [2.45, 2.75) is 50.1 Å². The first-order valence-corrected chi connectivity index (χ1v) is 11.4. The van der Waals surface area contributed by atoms with Gasteiger partial charge in [-0.25, -0.2) is 0 Å². The molecule has 0 bridgehead atoms. The predicted octanol–water partition coefficient (Wildman–Crippen LogP) is 3.73. The summed E-state index contributed by atoms with van der Waals surface area (Å²) in [4.78, 5) is 17.9. The molecule has 2 heterocycles. The number of halogens is 3. The van der Waals surface area contributed by atoms with Crippen LogP contribution in [-0.4, -0.2) is 74.6 Å². The van der Waals surface area contributed by atoms with Gasteiger partial charge in [0.25, 0.3) is 0 Å². The molecule has 1 aliphatic carbocycles. The van der Waals surface area contributed by atoms with Gasteiger partial charge in [0.15, 0.2) is 11.5 Å². The maximum absolute atomic E-state index is 13.8. The quantitative estimate of drug-likeness (QED) is 0.586. The molecule has 178 valence electrons. The Morgan fingerprint density at radius 2 is 1.75 bits per heavy atom. The van der Waals surface area contributed by atoms with E-state index in [9.17, 15) is 18.0 Å². The minimum absolute atomic E-state index is 0.0892. The second-order valence-electron chi connectivity index (χ2n) is 8.87. The van der Waals surface area contributed by atoms with E-state index in [1.807, 2.05) is 23.1 Å². The molecule has 4 rings (SSSR count). The number of hydrogen-bond donors (Lipinski definition) is 0. The van der Waals surface area contributed by atoms with Crippen LogP contribution in [0.15, 0.2) is 18.2 Å².